The highest BCUT2D eigenvalue weighted by atomic mass is 16.3. The zero-order valence-corrected chi connectivity index (χ0v) is 19.2. The molecule has 0 spiro atoms. The van der Waals surface area contributed by atoms with Gasteiger partial charge in [0.25, 0.3) is 5.91 Å². The van der Waals surface area contributed by atoms with E-state index < -0.39 is 5.54 Å². The lowest BCUT2D eigenvalue weighted by molar-refractivity contribution is -0.134. The molecule has 2 amide bonds. The van der Waals surface area contributed by atoms with Gasteiger partial charge in [-0.3, -0.25) is 9.59 Å². The number of nitrogens with one attached hydrogen (secondary N) is 1. The number of rotatable bonds is 5. The molecule has 0 saturated heterocycles. The van der Waals surface area contributed by atoms with Gasteiger partial charge in [-0.2, -0.15) is 0 Å². The summed E-state index contributed by atoms with van der Waals surface area (Å²) in [5.41, 5.74) is 1.32. The molecule has 174 valence electrons. The van der Waals surface area contributed by atoms with E-state index in [9.17, 15) is 9.59 Å². The predicted octanol–water partition coefficient (Wildman–Crippen LogP) is 4.50. The zero-order valence-electron chi connectivity index (χ0n) is 19.2. The maximum Gasteiger partial charge on any atom is 0.274 e. The lowest BCUT2D eigenvalue weighted by atomic mass is 9.93. The molecule has 1 aliphatic carbocycles. The van der Waals surface area contributed by atoms with E-state index in [-0.39, 0.29) is 24.4 Å². The fourth-order valence-electron chi connectivity index (χ4n) is 5.57. The molecule has 3 aromatic heterocycles. The summed E-state index contributed by atoms with van der Waals surface area (Å²) in [7, 11) is 0. The van der Waals surface area contributed by atoms with Crippen LogP contribution in [0, 0.1) is 0 Å². The molecule has 4 heterocycles. The Morgan fingerprint density at radius 2 is 1.85 bits per heavy atom. The van der Waals surface area contributed by atoms with Gasteiger partial charge in [-0.1, -0.05) is 31.0 Å². The number of fused-ring (bicyclic) bond motifs is 3. The molecule has 7 heteroatoms. The van der Waals surface area contributed by atoms with Gasteiger partial charge in [0.1, 0.15) is 17.0 Å². The summed E-state index contributed by atoms with van der Waals surface area (Å²) in [4.78, 5) is 29.7. The maximum absolute atomic E-state index is 14.3. The Bertz CT molecular complexity index is 1350. The van der Waals surface area contributed by atoms with Crippen LogP contribution in [0.15, 0.2) is 71.6 Å². The first-order valence-corrected chi connectivity index (χ1v) is 12.0. The summed E-state index contributed by atoms with van der Waals surface area (Å²) in [6.45, 7) is 2.48. The molecule has 2 aliphatic rings. The highest BCUT2D eigenvalue weighted by molar-refractivity contribution is 6.08. The van der Waals surface area contributed by atoms with Gasteiger partial charge in [0.15, 0.2) is 0 Å². The Labute approximate surface area is 197 Å². The van der Waals surface area contributed by atoms with Crippen molar-refractivity contribution in [3.8, 4) is 5.69 Å². The molecule has 1 fully saturated rings. The van der Waals surface area contributed by atoms with Crippen molar-refractivity contribution in [1.82, 2.24) is 19.4 Å². The maximum atomic E-state index is 14.3. The summed E-state index contributed by atoms with van der Waals surface area (Å²) in [6.07, 6.45) is 9.74. The van der Waals surface area contributed by atoms with Crippen LogP contribution in [0.3, 0.4) is 0 Å². The molecule has 1 N–H and O–H groups in total. The fourth-order valence-corrected chi connectivity index (χ4v) is 5.57. The van der Waals surface area contributed by atoms with E-state index in [0.29, 0.717) is 18.0 Å². The van der Waals surface area contributed by atoms with Crippen LogP contribution in [0.4, 0.5) is 0 Å². The summed E-state index contributed by atoms with van der Waals surface area (Å²) >= 11 is 0. The third kappa shape index (κ3) is 3.18. The molecule has 0 bridgehead atoms. The van der Waals surface area contributed by atoms with Crippen molar-refractivity contribution in [2.75, 3.05) is 0 Å². The summed E-state index contributed by atoms with van der Waals surface area (Å²) < 4.78 is 9.62. The summed E-state index contributed by atoms with van der Waals surface area (Å²) in [5, 5.41) is 4.24. The quantitative estimate of drug-likeness (QED) is 0.481. The second kappa shape index (κ2) is 7.94. The van der Waals surface area contributed by atoms with E-state index in [2.05, 4.69) is 5.32 Å². The fraction of sp³-hybridized carbons (Fsp3) is 0.333. The Morgan fingerprint density at radius 3 is 2.59 bits per heavy atom. The smallest absolute Gasteiger partial charge is 0.274 e. The minimum atomic E-state index is -1.06. The lowest BCUT2D eigenvalue weighted by Gasteiger charge is -2.44. The van der Waals surface area contributed by atoms with Crippen LogP contribution in [0.1, 0.15) is 48.9 Å². The van der Waals surface area contributed by atoms with Crippen molar-refractivity contribution in [1.29, 1.82) is 0 Å². The second-order valence-corrected chi connectivity index (χ2v) is 9.59. The number of carbonyl (C=O) groups is 2. The molecule has 1 saturated carbocycles. The highest BCUT2D eigenvalue weighted by Crippen LogP contribution is 2.38. The Balaban J connectivity index is 1.52. The number of hydrogen-bond donors (Lipinski definition) is 1. The molecule has 7 nitrogen and oxygen atoms in total. The molecular formula is C27H28N4O3. The Morgan fingerprint density at radius 1 is 1.09 bits per heavy atom. The minimum Gasteiger partial charge on any atom is -0.467 e. The molecule has 1 aliphatic heterocycles. The SMILES string of the molecule is C[C@]1(C(=O)NC2CCCC2)Cn2c(c(-n3cccc3)c3ccccc32)C(=O)N1Cc1ccco1. The van der Waals surface area contributed by atoms with Gasteiger partial charge >= 0.3 is 0 Å². The average Bonchev–Trinajstić information content (AvgIpc) is 3.64. The molecule has 1 atom stereocenters. The number of para-hydroxylation sites is 1. The van der Waals surface area contributed by atoms with Crippen molar-refractivity contribution in [3.63, 3.8) is 0 Å². The van der Waals surface area contributed by atoms with Crippen LogP contribution in [-0.2, 0) is 17.9 Å². The van der Waals surface area contributed by atoms with Crippen LogP contribution in [-0.4, -0.2) is 37.4 Å². The van der Waals surface area contributed by atoms with E-state index in [1.54, 1.807) is 11.2 Å². The monoisotopic (exact) mass is 456 g/mol. The number of amides is 2. The van der Waals surface area contributed by atoms with Crippen LogP contribution in [0.2, 0.25) is 0 Å². The third-order valence-corrected chi connectivity index (χ3v) is 7.39. The predicted molar refractivity (Wildman–Crippen MR) is 129 cm³/mol. The molecule has 6 rings (SSSR count). The first-order chi connectivity index (χ1) is 16.6. The number of carbonyl (C=O) groups excluding carboxylic acids is 2. The molecule has 34 heavy (non-hydrogen) atoms. The van der Waals surface area contributed by atoms with Gasteiger partial charge < -0.3 is 23.8 Å². The number of benzene rings is 1. The van der Waals surface area contributed by atoms with E-state index in [4.69, 9.17) is 4.42 Å². The molecule has 4 aromatic rings. The van der Waals surface area contributed by atoms with E-state index >= 15 is 0 Å². The third-order valence-electron chi connectivity index (χ3n) is 7.39. The number of hydrogen-bond acceptors (Lipinski definition) is 3. The Kier molecular flexibility index (Phi) is 4.86. The van der Waals surface area contributed by atoms with Crippen molar-refractivity contribution >= 4 is 22.7 Å². The largest absolute Gasteiger partial charge is 0.467 e. The molecule has 0 radical (unpaired) electrons. The van der Waals surface area contributed by atoms with Crippen molar-refractivity contribution in [2.45, 2.75) is 57.3 Å². The summed E-state index contributed by atoms with van der Waals surface area (Å²) in [6, 6.07) is 15.7. The topological polar surface area (TPSA) is 72.4 Å². The number of nitrogens with zero attached hydrogens (tertiary/aromatic N) is 3. The van der Waals surface area contributed by atoms with Gasteiger partial charge in [0, 0.05) is 23.8 Å². The van der Waals surface area contributed by atoms with E-state index in [1.165, 1.54) is 0 Å². The second-order valence-electron chi connectivity index (χ2n) is 9.59. The van der Waals surface area contributed by atoms with Gasteiger partial charge in [-0.25, -0.2) is 0 Å². The lowest BCUT2D eigenvalue weighted by Crippen LogP contribution is -2.64. The van der Waals surface area contributed by atoms with Gasteiger partial charge in [0.2, 0.25) is 5.91 Å². The van der Waals surface area contributed by atoms with Crippen LogP contribution < -0.4 is 5.32 Å². The van der Waals surface area contributed by atoms with E-state index in [0.717, 1.165) is 42.3 Å². The van der Waals surface area contributed by atoms with Crippen molar-refractivity contribution < 1.29 is 14.0 Å². The zero-order chi connectivity index (χ0) is 23.3. The average molecular weight is 457 g/mol. The molecular weight excluding hydrogens is 428 g/mol. The highest BCUT2D eigenvalue weighted by Gasteiger charge is 2.49. The minimum absolute atomic E-state index is 0.106. The molecule has 0 unspecified atom stereocenters. The Hall–Kier alpha value is -3.74. The number of furan rings is 1. The molecule has 1 aromatic carbocycles. The number of aromatic nitrogens is 2. The van der Waals surface area contributed by atoms with Crippen molar-refractivity contribution in [3.05, 3.63) is 78.6 Å². The van der Waals surface area contributed by atoms with E-state index in [1.807, 2.05) is 77.0 Å². The van der Waals surface area contributed by atoms with Crippen LogP contribution in [0.25, 0.3) is 16.6 Å². The summed E-state index contributed by atoms with van der Waals surface area (Å²) in [5.74, 6) is 0.372. The standard InChI is InChI=1S/C27H28N4O3/c1-27(26(33)28-19-9-2-3-10-19)18-30-22-13-5-4-12-21(22)23(29-14-6-7-15-29)24(30)25(32)31(27)17-20-11-8-16-34-20/h4-8,11-16,19H,2-3,9-10,17-18H2,1H3,(H,28,33)/t27-/m1/s1. The van der Waals surface area contributed by atoms with Gasteiger partial charge in [-0.05, 0) is 50.1 Å². The van der Waals surface area contributed by atoms with Crippen LogP contribution >= 0.6 is 0 Å². The first kappa shape index (κ1) is 20.8. The van der Waals surface area contributed by atoms with Crippen molar-refractivity contribution in [2.24, 2.45) is 0 Å². The van der Waals surface area contributed by atoms with Gasteiger partial charge in [0.05, 0.1) is 30.6 Å². The van der Waals surface area contributed by atoms with Gasteiger partial charge in [-0.15, -0.1) is 0 Å². The normalized spacial score (nSPS) is 20.7. The first-order valence-electron chi connectivity index (χ1n) is 12.0. The van der Waals surface area contributed by atoms with Crippen LogP contribution in [0.5, 0.6) is 0 Å².